The van der Waals surface area contributed by atoms with Gasteiger partial charge in [-0.15, -0.1) is 0 Å². The Morgan fingerprint density at radius 1 is 0.804 bits per heavy atom. The van der Waals surface area contributed by atoms with Gasteiger partial charge in [-0.1, -0.05) is 25.7 Å². The van der Waals surface area contributed by atoms with Gasteiger partial charge in [-0.3, -0.25) is 0 Å². The number of hydrogen-bond acceptors (Lipinski definition) is 10. The molecule has 274 valence electrons. The van der Waals surface area contributed by atoms with Gasteiger partial charge in [0.15, 0.2) is 8.32 Å². The van der Waals surface area contributed by atoms with E-state index in [0.29, 0.717) is 44.9 Å². The molecule has 2 fully saturated rings. The van der Waals surface area contributed by atoms with Crippen LogP contribution < -0.4 is 0 Å². The Balaban J connectivity index is 2.19. The fraction of sp³-hybridized carbons (Fsp3) is 1.00. The first-order valence-corrected chi connectivity index (χ1v) is 28.8. The van der Waals surface area contributed by atoms with Crippen molar-refractivity contribution in [3.05, 3.63) is 0 Å². The molecule has 0 N–H and O–H groups in total. The molecule has 2 aliphatic heterocycles. The van der Waals surface area contributed by atoms with Crippen LogP contribution in [0.2, 0.25) is 56.4 Å². The van der Waals surface area contributed by atoms with Crippen molar-refractivity contribution in [2.75, 3.05) is 61.0 Å². The zero-order valence-electron chi connectivity index (χ0n) is 29.3. The standard InChI is InChI=1S/C28H61F3O10Si5/c1-32-46(33-2,34-3)24-23-45(7)40-42(4)39-43(5,21-13-16-35-19-15-28(29,30)31)20-12-10-8-9-11-18-38-44(6,41-45)22-14-17-36-25-27-26-37-27/h27,42H,8-26H2,1-7H3. The minimum Gasteiger partial charge on any atom is -0.438 e. The van der Waals surface area contributed by atoms with Gasteiger partial charge in [0.05, 0.1) is 26.2 Å². The van der Waals surface area contributed by atoms with Gasteiger partial charge in [0, 0.05) is 47.2 Å². The van der Waals surface area contributed by atoms with Crippen molar-refractivity contribution < 1.29 is 57.4 Å². The van der Waals surface area contributed by atoms with Crippen LogP contribution >= 0.6 is 0 Å². The van der Waals surface area contributed by atoms with Crippen LogP contribution in [0.4, 0.5) is 13.2 Å². The van der Waals surface area contributed by atoms with Crippen LogP contribution in [0.5, 0.6) is 0 Å². The maximum Gasteiger partial charge on any atom is 0.500 e. The Bertz CT molecular complexity index is 825. The lowest BCUT2D eigenvalue weighted by atomic mass is 10.2. The topological polar surface area (TPSA) is 95.6 Å². The molecule has 0 aromatic rings. The summed E-state index contributed by atoms with van der Waals surface area (Å²) in [5, 5.41) is 0. The predicted molar refractivity (Wildman–Crippen MR) is 182 cm³/mol. The second-order valence-corrected chi connectivity index (χ2v) is 29.7. The molecule has 2 heterocycles. The number of rotatable bonds is 18. The molecule has 0 radical (unpaired) electrons. The summed E-state index contributed by atoms with van der Waals surface area (Å²) < 4.78 is 98.9. The summed E-state index contributed by atoms with van der Waals surface area (Å²) in [4.78, 5) is 0. The lowest BCUT2D eigenvalue weighted by molar-refractivity contribution is -0.145. The van der Waals surface area contributed by atoms with Crippen LogP contribution in [0.3, 0.4) is 0 Å². The van der Waals surface area contributed by atoms with Crippen molar-refractivity contribution in [1.29, 1.82) is 0 Å². The molecular weight excluding hydrogens is 694 g/mol. The Hall–Kier alpha value is 0.474. The highest BCUT2D eigenvalue weighted by molar-refractivity contribution is 6.85. The van der Waals surface area contributed by atoms with Crippen molar-refractivity contribution in [3.63, 3.8) is 0 Å². The molecule has 0 saturated carbocycles. The minimum absolute atomic E-state index is 0.234. The zero-order chi connectivity index (χ0) is 34.2. The summed E-state index contributed by atoms with van der Waals surface area (Å²) in [6, 6.07) is 3.72. The number of ether oxygens (including phenoxy) is 3. The summed E-state index contributed by atoms with van der Waals surface area (Å²) in [6.07, 6.45) is 1.96. The maximum absolute atomic E-state index is 12.5. The third-order valence-electron chi connectivity index (χ3n) is 8.52. The third kappa shape index (κ3) is 17.9. The molecule has 2 aliphatic rings. The van der Waals surface area contributed by atoms with Crippen LogP contribution in [-0.4, -0.2) is 117 Å². The van der Waals surface area contributed by atoms with Gasteiger partial charge in [0.2, 0.25) is 0 Å². The van der Waals surface area contributed by atoms with E-state index in [1.165, 1.54) is 0 Å². The van der Waals surface area contributed by atoms with Crippen LogP contribution in [-0.2, 0) is 44.3 Å². The van der Waals surface area contributed by atoms with Crippen LogP contribution in [0.1, 0.15) is 51.4 Å². The van der Waals surface area contributed by atoms with E-state index in [4.69, 9.17) is 44.3 Å². The largest absolute Gasteiger partial charge is 0.500 e. The SMILES string of the molecule is CO[Si](CC[Si]1(C)O[SiH](C)O[Si](C)(CCCOCCC(F)(F)F)CCCCCCCO[Si](C)(CCCOCC2CO2)O1)(OC)OC. The van der Waals surface area contributed by atoms with E-state index in [1.807, 2.05) is 0 Å². The van der Waals surface area contributed by atoms with E-state index in [-0.39, 0.29) is 12.7 Å². The van der Waals surface area contributed by atoms with Crippen molar-refractivity contribution in [2.24, 2.45) is 0 Å². The van der Waals surface area contributed by atoms with Crippen LogP contribution in [0.25, 0.3) is 0 Å². The first kappa shape index (κ1) is 42.6. The molecule has 0 spiro atoms. The lowest BCUT2D eigenvalue weighted by Crippen LogP contribution is -2.56. The summed E-state index contributed by atoms with van der Waals surface area (Å²) in [5.41, 5.74) is 0. The number of epoxide rings is 1. The summed E-state index contributed by atoms with van der Waals surface area (Å²) in [5.74, 6) is 0. The average molecular weight is 755 g/mol. The molecular formula is C28H61F3O10Si5. The molecule has 5 unspecified atom stereocenters. The fourth-order valence-corrected chi connectivity index (χ4v) is 27.0. The Morgan fingerprint density at radius 2 is 1.43 bits per heavy atom. The maximum atomic E-state index is 12.5. The molecule has 46 heavy (non-hydrogen) atoms. The average Bonchev–Trinajstić information content (AvgIpc) is 3.80. The lowest BCUT2D eigenvalue weighted by Gasteiger charge is -2.41. The first-order valence-electron chi connectivity index (χ1n) is 16.9. The molecule has 0 amide bonds. The van der Waals surface area contributed by atoms with Gasteiger partial charge < -0.3 is 44.3 Å². The number of alkyl halides is 3. The van der Waals surface area contributed by atoms with E-state index in [0.717, 1.165) is 63.3 Å². The summed E-state index contributed by atoms with van der Waals surface area (Å²) in [6.45, 7) is 11.2. The normalized spacial score (nSPS) is 30.9. The third-order valence-corrected chi connectivity index (χ3v) is 28.2. The van der Waals surface area contributed by atoms with Crippen molar-refractivity contribution >= 4 is 43.5 Å². The number of hydrogen-bond donors (Lipinski definition) is 0. The van der Waals surface area contributed by atoms with Crippen LogP contribution in [0, 0.1) is 0 Å². The minimum atomic E-state index is -4.20. The predicted octanol–water partition coefficient (Wildman–Crippen LogP) is 6.63. The van der Waals surface area contributed by atoms with Crippen molar-refractivity contribution in [1.82, 2.24) is 0 Å². The highest BCUT2D eigenvalue weighted by Crippen LogP contribution is 2.32. The molecule has 0 bridgehead atoms. The molecule has 0 aliphatic carbocycles. The Morgan fingerprint density at radius 3 is 2.09 bits per heavy atom. The van der Waals surface area contributed by atoms with Crippen molar-refractivity contribution in [3.8, 4) is 0 Å². The Labute approximate surface area is 281 Å². The van der Waals surface area contributed by atoms with Gasteiger partial charge in [-0.2, -0.15) is 13.2 Å². The molecule has 2 saturated heterocycles. The second-order valence-electron chi connectivity index (χ2n) is 13.0. The van der Waals surface area contributed by atoms with E-state index in [2.05, 4.69) is 26.2 Å². The van der Waals surface area contributed by atoms with E-state index >= 15 is 0 Å². The summed E-state index contributed by atoms with van der Waals surface area (Å²) >= 11 is 0. The van der Waals surface area contributed by atoms with Gasteiger partial charge in [-0.05, 0) is 69.6 Å². The van der Waals surface area contributed by atoms with Gasteiger partial charge in [-0.25, -0.2) is 0 Å². The molecule has 5 atom stereocenters. The zero-order valence-corrected chi connectivity index (χ0v) is 34.5. The fourth-order valence-electron chi connectivity index (χ4n) is 5.83. The van der Waals surface area contributed by atoms with E-state index in [1.54, 1.807) is 21.3 Å². The van der Waals surface area contributed by atoms with Gasteiger partial charge in [0.25, 0.3) is 9.28 Å². The second kappa shape index (κ2) is 21.0. The van der Waals surface area contributed by atoms with Crippen molar-refractivity contribution in [2.45, 2.75) is 120 Å². The summed E-state index contributed by atoms with van der Waals surface area (Å²) in [7, 11) is -8.12. The highest BCUT2D eigenvalue weighted by Gasteiger charge is 2.48. The van der Waals surface area contributed by atoms with E-state index in [9.17, 15) is 13.2 Å². The number of halogens is 3. The molecule has 18 heteroatoms. The van der Waals surface area contributed by atoms with Gasteiger partial charge >= 0.3 is 32.1 Å². The molecule has 0 aromatic carbocycles. The van der Waals surface area contributed by atoms with E-state index < -0.39 is 56.1 Å². The molecule has 2 rings (SSSR count). The quantitative estimate of drug-likeness (QED) is 0.0863. The first-order chi connectivity index (χ1) is 21.7. The van der Waals surface area contributed by atoms with Gasteiger partial charge in [0.1, 0.15) is 6.10 Å². The molecule has 10 nitrogen and oxygen atoms in total. The monoisotopic (exact) mass is 754 g/mol. The Kier molecular flexibility index (Phi) is 19.4. The highest BCUT2D eigenvalue weighted by atomic mass is 28.5. The smallest absolute Gasteiger partial charge is 0.438 e. The van der Waals surface area contributed by atoms with Crippen LogP contribution in [0.15, 0.2) is 0 Å². The molecule has 0 aromatic heterocycles.